The summed E-state index contributed by atoms with van der Waals surface area (Å²) in [6.07, 6.45) is -2.46. The number of fused-ring (bicyclic) bond motifs is 4. The summed E-state index contributed by atoms with van der Waals surface area (Å²) in [5.41, 5.74) is 1.00. The van der Waals surface area contributed by atoms with Crippen molar-refractivity contribution in [2.24, 2.45) is 0 Å². The lowest BCUT2D eigenvalue weighted by Crippen LogP contribution is -2.53. The molecule has 0 spiro atoms. The van der Waals surface area contributed by atoms with Crippen LogP contribution in [0.4, 0.5) is 19.0 Å². The molecule has 2 fully saturated rings. The molecule has 9 nitrogen and oxygen atoms in total. The lowest BCUT2D eigenvalue weighted by molar-refractivity contribution is -0.138. The van der Waals surface area contributed by atoms with Gasteiger partial charge in [0.05, 0.1) is 17.5 Å². The van der Waals surface area contributed by atoms with E-state index in [1.165, 1.54) is 12.1 Å². The number of hydrogen-bond donors (Lipinski definition) is 3. The minimum absolute atomic E-state index is 0.0417. The van der Waals surface area contributed by atoms with Gasteiger partial charge < -0.3 is 25.4 Å². The maximum atomic E-state index is 14.1. The number of carbonyl (C=O) groups excluding carboxylic acids is 2. The number of piperazine rings is 1. The zero-order valence-corrected chi connectivity index (χ0v) is 24.2. The minimum Gasteiger partial charge on any atom is -0.487 e. The van der Waals surface area contributed by atoms with Crippen molar-refractivity contribution < 1.29 is 32.2 Å². The van der Waals surface area contributed by atoms with Gasteiger partial charge in [0.15, 0.2) is 0 Å². The highest BCUT2D eigenvalue weighted by atomic mass is 19.4. The van der Waals surface area contributed by atoms with E-state index < -0.39 is 17.6 Å². The number of nitrogens with one attached hydrogen (secondary N) is 3. The van der Waals surface area contributed by atoms with Crippen molar-refractivity contribution in [3.63, 3.8) is 0 Å². The predicted octanol–water partition coefficient (Wildman–Crippen LogP) is 4.62. The SMILES string of the molecule is CC1CN(Cc2ccc(C(=O)N[C@@H]3[C@H]4Oc5ccc(Oc6ccnc7c6CCC(=O)N7)cc5[C@@H]34)cc2C(F)(F)F)CC(C)N1. The van der Waals surface area contributed by atoms with Crippen LogP contribution in [0.3, 0.4) is 0 Å². The van der Waals surface area contributed by atoms with Crippen LogP contribution in [0.2, 0.25) is 0 Å². The summed E-state index contributed by atoms with van der Waals surface area (Å²) in [6.45, 7) is 5.47. The predicted molar refractivity (Wildman–Crippen MR) is 155 cm³/mol. The molecule has 4 aliphatic rings. The fourth-order valence-corrected chi connectivity index (χ4v) is 6.72. The zero-order valence-electron chi connectivity index (χ0n) is 24.2. The van der Waals surface area contributed by atoms with Gasteiger partial charge in [0.1, 0.15) is 29.2 Å². The van der Waals surface area contributed by atoms with Crippen molar-refractivity contribution in [3.05, 3.63) is 76.5 Å². The standard InChI is InChI=1S/C32H32F3N5O4/c1-16-13-40(14-17(2)37-16)15-19-4-3-18(11-23(19)32(33,34)35)31(42)39-28-27-22-12-20(5-7-24(22)44-29(27)28)43-25-9-10-36-30-21(25)6-8-26(41)38-30/h3-5,7,9-12,16-17,27-29,37H,6,8,13-15H2,1-2H3,(H,39,42)(H,36,38,41)/t16?,17?,27-,28-,29-/m0/s1. The summed E-state index contributed by atoms with van der Waals surface area (Å²) in [7, 11) is 0. The molecular weight excluding hydrogens is 575 g/mol. The van der Waals surface area contributed by atoms with E-state index in [0.717, 1.165) is 17.2 Å². The van der Waals surface area contributed by atoms with Gasteiger partial charge in [-0.2, -0.15) is 13.2 Å². The van der Waals surface area contributed by atoms with Crippen LogP contribution >= 0.6 is 0 Å². The molecule has 3 aliphatic heterocycles. The molecule has 2 aromatic carbocycles. The molecule has 1 saturated heterocycles. The van der Waals surface area contributed by atoms with Gasteiger partial charge in [-0.3, -0.25) is 14.5 Å². The molecule has 7 rings (SSSR count). The highest BCUT2D eigenvalue weighted by Gasteiger charge is 2.59. The molecule has 4 heterocycles. The molecule has 3 N–H and O–H groups in total. The van der Waals surface area contributed by atoms with Gasteiger partial charge in [0.25, 0.3) is 5.91 Å². The van der Waals surface area contributed by atoms with Gasteiger partial charge in [-0.1, -0.05) is 6.07 Å². The summed E-state index contributed by atoms with van der Waals surface area (Å²) in [4.78, 5) is 31.1. The first-order valence-electron chi connectivity index (χ1n) is 14.8. The molecule has 12 heteroatoms. The second-order valence-electron chi connectivity index (χ2n) is 12.1. The number of anilines is 1. The molecule has 44 heavy (non-hydrogen) atoms. The van der Waals surface area contributed by atoms with E-state index in [0.29, 0.717) is 49.0 Å². The number of amides is 2. The first-order chi connectivity index (χ1) is 21.0. The summed E-state index contributed by atoms with van der Waals surface area (Å²) in [5, 5.41) is 9.03. The number of rotatable bonds is 6. The van der Waals surface area contributed by atoms with E-state index >= 15 is 0 Å². The summed E-state index contributed by atoms with van der Waals surface area (Å²) in [6, 6.07) is 11.0. The zero-order chi connectivity index (χ0) is 30.7. The Balaban J connectivity index is 1.04. The van der Waals surface area contributed by atoms with E-state index in [-0.39, 0.29) is 53.7 Å². The minimum atomic E-state index is -4.59. The van der Waals surface area contributed by atoms with Gasteiger partial charge in [0, 0.05) is 61.0 Å². The number of nitrogens with zero attached hydrogens (tertiary/aromatic N) is 2. The Morgan fingerprint density at radius 1 is 1.11 bits per heavy atom. The average Bonchev–Trinajstić information content (AvgIpc) is 3.48. The van der Waals surface area contributed by atoms with Crippen molar-refractivity contribution in [1.29, 1.82) is 0 Å². The lowest BCUT2D eigenvalue weighted by Gasteiger charge is -2.36. The Hall–Kier alpha value is -4.16. The Morgan fingerprint density at radius 3 is 2.68 bits per heavy atom. The first-order valence-corrected chi connectivity index (χ1v) is 14.8. The quantitative estimate of drug-likeness (QED) is 0.376. The number of pyridine rings is 1. The van der Waals surface area contributed by atoms with Crippen molar-refractivity contribution in [2.45, 2.75) is 69.6 Å². The number of carbonyl (C=O) groups is 2. The first kappa shape index (κ1) is 28.6. The van der Waals surface area contributed by atoms with Gasteiger partial charge in [-0.05, 0) is 62.2 Å². The van der Waals surface area contributed by atoms with Crippen LogP contribution in [-0.2, 0) is 23.9 Å². The van der Waals surface area contributed by atoms with E-state index in [4.69, 9.17) is 9.47 Å². The Kier molecular flexibility index (Phi) is 7.00. The van der Waals surface area contributed by atoms with Crippen molar-refractivity contribution >= 4 is 17.6 Å². The second-order valence-corrected chi connectivity index (χ2v) is 12.1. The molecule has 1 aromatic heterocycles. The number of aromatic nitrogens is 1. The number of ether oxygens (including phenoxy) is 2. The molecule has 3 aromatic rings. The normalized spacial score (nSPS) is 25.7. The molecule has 230 valence electrons. The molecule has 1 aliphatic carbocycles. The highest BCUT2D eigenvalue weighted by molar-refractivity contribution is 5.95. The van der Waals surface area contributed by atoms with Crippen LogP contribution in [0.1, 0.15) is 58.8 Å². The number of hydrogen-bond acceptors (Lipinski definition) is 7. The number of alkyl halides is 3. The van der Waals surface area contributed by atoms with Crippen molar-refractivity contribution in [3.8, 4) is 17.2 Å². The molecular formula is C32H32F3N5O4. The van der Waals surface area contributed by atoms with E-state index in [1.54, 1.807) is 24.4 Å². The molecule has 0 radical (unpaired) electrons. The molecule has 5 atom stereocenters. The van der Waals surface area contributed by atoms with Crippen LogP contribution in [-0.4, -0.2) is 59.0 Å². The van der Waals surface area contributed by atoms with Gasteiger partial charge in [-0.15, -0.1) is 0 Å². The molecule has 2 amide bonds. The van der Waals surface area contributed by atoms with Crippen molar-refractivity contribution in [2.75, 3.05) is 18.4 Å². The average molecular weight is 608 g/mol. The third-order valence-electron chi connectivity index (χ3n) is 8.66. The maximum absolute atomic E-state index is 14.1. The van der Waals surface area contributed by atoms with E-state index in [9.17, 15) is 22.8 Å². The Labute approximate surface area is 252 Å². The second kappa shape index (κ2) is 10.8. The fraction of sp³-hybridized carbons (Fsp3) is 0.406. The van der Waals surface area contributed by atoms with Gasteiger partial charge in [-0.25, -0.2) is 4.98 Å². The highest BCUT2D eigenvalue weighted by Crippen LogP contribution is 2.54. The Bertz CT molecular complexity index is 1640. The smallest absolute Gasteiger partial charge is 0.416 e. The van der Waals surface area contributed by atoms with Gasteiger partial charge >= 0.3 is 6.18 Å². The molecule has 0 bridgehead atoms. The van der Waals surface area contributed by atoms with Crippen LogP contribution in [0, 0.1) is 0 Å². The van der Waals surface area contributed by atoms with Crippen LogP contribution in [0.25, 0.3) is 0 Å². The van der Waals surface area contributed by atoms with E-state index in [1.807, 2.05) is 24.8 Å². The number of benzene rings is 2. The maximum Gasteiger partial charge on any atom is 0.416 e. The molecule has 2 unspecified atom stereocenters. The summed E-state index contributed by atoms with van der Waals surface area (Å²) >= 11 is 0. The summed E-state index contributed by atoms with van der Waals surface area (Å²) in [5.74, 6) is 1.53. The largest absolute Gasteiger partial charge is 0.487 e. The monoisotopic (exact) mass is 607 g/mol. The van der Waals surface area contributed by atoms with Crippen LogP contribution in [0.15, 0.2) is 48.7 Å². The summed E-state index contributed by atoms with van der Waals surface area (Å²) < 4.78 is 54.5. The fourth-order valence-electron chi connectivity index (χ4n) is 6.72. The van der Waals surface area contributed by atoms with Crippen molar-refractivity contribution in [1.82, 2.24) is 20.5 Å². The number of halogens is 3. The van der Waals surface area contributed by atoms with E-state index in [2.05, 4.69) is 20.9 Å². The van der Waals surface area contributed by atoms with Gasteiger partial charge in [0.2, 0.25) is 5.91 Å². The van der Waals surface area contributed by atoms with Crippen LogP contribution in [0.5, 0.6) is 17.2 Å². The third-order valence-corrected chi connectivity index (χ3v) is 8.66. The Morgan fingerprint density at radius 2 is 1.91 bits per heavy atom. The lowest BCUT2D eigenvalue weighted by atomic mass is 10.0. The topological polar surface area (TPSA) is 105 Å². The third kappa shape index (κ3) is 5.48. The molecule has 1 saturated carbocycles. The van der Waals surface area contributed by atoms with Crippen LogP contribution < -0.4 is 25.4 Å².